The van der Waals surface area contributed by atoms with E-state index in [2.05, 4.69) is 22.6 Å². The fourth-order valence-electron chi connectivity index (χ4n) is 1.68. The number of carbonyl (C=O) groups is 2. The Morgan fingerprint density at radius 3 is 1.70 bits per heavy atom. The minimum atomic E-state index is -0.633. The number of ether oxygens (including phenoxy) is 2. The van der Waals surface area contributed by atoms with E-state index >= 15 is 0 Å². The van der Waals surface area contributed by atoms with Crippen LogP contribution < -0.4 is 0 Å². The van der Waals surface area contributed by atoms with Gasteiger partial charge in [-0.1, -0.05) is 22.6 Å². The van der Waals surface area contributed by atoms with Crippen LogP contribution in [0.15, 0.2) is 0 Å². The van der Waals surface area contributed by atoms with E-state index in [-0.39, 0.29) is 6.04 Å². The van der Waals surface area contributed by atoms with E-state index in [0.717, 1.165) is 15.7 Å². The first kappa shape index (κ1) is 17.5. The zero-order chi connectivity index (χ0) is 15.7. The SMILES string of the molecule is CC(C)(C)OC(=O)N(C(=O)OC(C)(C)C)[C@H]1C[C@@H]1CI. The van der Waals surface area contributed by atoms with E-state index in [0.29, 0.717) is 5.92 Å². The van der Waals surface area contributed by atoms with Crippen molar-refractivity contribution in [1.29, 1.82) is 0 Å². The number of imide groups is 1. The topological polar surface area (TPSA) is 55.8 Å². The summed E-state index contributed by atoms with van der Waals surface area (Å²) in [6.07, 6.45) is -0.422. The quantitative estimate of drug-likeness (QED) is 0.523. The van der Waals surface area contributed by atoms with Crippen molar-refractivity contribution in [1.82, 2.24) is 4.90 Å². The van der Waals surface area contributed by atoms with Crippen LogP contribution in [-0.2, 0) is 9.47 Å². The number of nitrogens with zero attached hydrogens (tertiary/aromatic N) is 1. The van der Waals surface area contributed by atoms with Crippen LogP contribution in [0.3, 0.4) is 0 Å². The summed E-state index contributed by atoms with van der Waals surface area (Å²) < 4.78 is 11.5. The molecule has 2 atom stereocenters. The third-order valence-corrected chi connectivity index (χ3v) is 3.73. The molecule has 1 fully saturated rings. The van der Waals surface area contributed by atoms with Gasteiger partial charge in [0.1, 0.15) is 11.2 Å². The molecule has 2 amide bonds. The van der Waals surface area contributed by atoms with Gasteiger partial charge in [-0.05, 0) is 53.9 Å². The highest BCUT2D eigenvalue weighted by atomic mass is 127. The summed E-state index contributed by atoms with van der Waals surface area (Å²) in [7, 11) is 0. The number of halogens is 1. The summed E-state index contributed by atoms with van der Waals surface area (Å²) in [4.78, 5) is 25.6. The van der Waals surface area contributed by atoms with Gasteiger partial charge in [0.2, 0.25) is 0 Å². The zero-order valence-corrected chi connectivity index (χ0v) is 15.2. The molecule has 0 saturated heterocycles. The Balaban J connectivity index is 2.81. The van der Waals surface area contributed by atoms with E-state index < -0.39 is 23.4 Å². The first-order valence-corrected chi connectivity index (χ1v) is 8.28. The van der Waals surface area contributed by atoms with Crippen LogP contribution in [0.4, 0.5) is 9.59 Å². The summed E-state index contributed by atoms with van der Waals surface area (Å²) in [6, 6.07) is -0.100. The number of hydrogen-bond donors (Lipinski definition) is 0. The predicted molar refractivity (Wildman–Crippen MR) is 85.1 cm³/mol. The second kappa shape index (κ2) is 6.07. The number of hydrogen-bond acceptors (Lipinski definition) is 4. The lowest BCUT2D eigenvalue weighted by Crippen LogP contribution is -2.45. The highest BCUT2D eigenvalue weighted by Gasteiger charge is 2.48. The average Bonchev–Trinajstić information content (AvgIpc) is 2.91. The number of amides is 2. The molecule has 1 aliphatic carbocycles. The molecular formula is C14H24INO4. The van der Waals surface area contributed by atoms with Gasteiger partial charge in [-0.3, -0.25) is 0 Å². The van der Waals surface area contributed by atoms with Gasteiger partial charge < -0.3 is 9.47 Å². The molecule has 0 aromatic carbocycles. The maximum absolute atomic E-state index is 12.2. The summed E-state index contributed by atoms with van der Waals surface area (Å²) in [6.45, 7) is 10.7. The van der Waals surface area contributed by atoms with E-state index in [9.17, 15) is 9.59 Å². The molecule has 0 radical (unpaired) electrons. The van der Waals surface area contributed by atoms with Gasteiger partial charge in [-0.2, -0.15) is 0 Å². The van der Waals surface area contributed by atoms with Crippen LogP contribution in [0.2, 0.25) is 0 Å². The lowest BCUT2D eigenvalue weighted by molar-refractivity contribution is -0.000937. The third kappa shape index (κ3) is 5.46. The molecule has 0 bridgehead atoms. The average molecular weight is 397 g/mol. The summed E-state index contributed by atoms with van der Waals surface area (Å²) in [5, 5.41) is 0. The Bertz CT molecular complexity index is 356. The number of carbonyl (C=O) groups excluding carboxylic acids is 2. The Hall–Kier alpha value is -0.530. The lowest BCUT2D eigenvalue weighted by Gasteiger charge is -2.28. The van der Waals surface area contributed by atoms with Crippen molar-refractivity contribution in [2.45, 2.75) is 65.2 Å². The molecule has 20 heavy (non-hydrogen) atoms. The van der Waals surface area contributed by atoms with E-state index in [1.807, 2.05) is 0 Å². The highest BCUT2D eigenvalue weighted by molar-refractivity contribution is 14.1. The monoisotopic (exact) mass is 397 g/mol. The van der Waals surface area contributed by atoms with Gasteiger partial charge in [0, 0.05) is 4.43 Å². The highest BCUT2D eigenvalue weighted by Crippen LogP contribution is 2.38. The molecule has 0 unspecified atom stereocenters. The van der Waals surface area contributed by atoms with Gasteiger partial charge in [-0.25, -0.2) is 14.5 Å². The molecule has 0 aliphatic heterocycles. The first-order valence-electron chi connectivity index (χ1n) is 6.76. The third-order valence-electron chi connectivity index (χ3n) is 2.60. The number of rotatable bonds is 2. The zero-order valence-electron chi connectivity index (χ0n) is 13.0. The van der Waals surface area contributed by atoms with Gasteiger partial charge in [0.05, 0.1) is 6.04 Å². The smallest absolute Gasteiger partial charge is 0.420 e. The summed E-state index contributed by atoms with van der Waals surface area (Å²) in [5.41, 5.74) is -1.27. The number of alkyl halides is 1. The fraction of sp³-hybridized carbons (Fsp3) is 0.857. The van der Waals surface area contributed by atoms with Crippen LogP contribution in [-0.4, -0.2) is 38.8 Å². The molecule has 0 aromatic heterocycles. The second-order valence-electron chi connectivity index (χ2n) is 7.05. The normalized spacial score (nSPS) is 22.1. The van der Waals surface area contributed by atoms with Gasteiger partial charge in [0.25, 0.3) is 0 Å². The van der Waals surface area contributed by atoms with Crippen molar-refractivity contribution < 1.29 is 19.1 Å². The molecular weight excluding hydrogens is 373 g/mol. The van der Waals surface area contributed by atoms with E-state index in [4.69, 9.17) is 9.47 Å². The first-order chi connectivity index (χ1) is 8.94. The van der Waals surface area contributed by atoms with Crippen molar-refractivity contribution in [3.8, 4) is 0 Å². The van der Waals surface area contributed by atoms with Gasteiger partial charge in [0.15, 0.2) is 0 Å². The fourth-order valence-corrected chi connectivity index (χ4v) is 2.63. The molecule has 1 rings (SSSR count). The standard InChI is InChI=1S/C14H24INO4/c1-13(2,3)19-11(17)16(10-7-9(10)8-15)12(18)20-14(4,5)6/h9-10H,7-8H2,1-6H3/t9-,10+/m1/s1. The molecule has 0 spiro atoms. The Kier molecular flexibility index (Phi) is 5.32. The predicted octanol–water partition coefficient (Wildman–Crippen LogP) is 3.98. The molecule has 0 heterocycles. The van der Waals surface area contributed by atoms with Crippen molar-refractivity contribution >= 4 is 34.8 Å². The van der Waals surface area contributed by atoms with Crippen LogP contribution in [0.5, 0.6) is 0 Å². The van der Waals surface area contributed by atoms with Crippen molar-refractivity contribution in [3.63, 3.8) is 0 Å². The van der Waals surface area contributed by atoms with Crippen LogP contribution >= 0.6 is 22.6 Å². The summed E-state index contributed by atoms with van der Waals surface area (Å²) in [5.74, 6) is 0.343. The molecule has 0 N–H and O–H groups in total. The van der Waals surface area contributed by atoms with Crippen molar-refractivity contribution in [2.75, 3.05) is 4.43 Å². The van der Waals surface area contributed by atoms with Crippen molar-refractivity contribution in [3.05, 3.63) is 0 Å². The molecule has 6 heteroatoms. The molecule has 0 aromatic rings. The maximum atomic E-state index is 12.2. The minimum absolute atomic E-state index is 0.100. The minimum Gasteiger partial charge on any atom is -0.443 e. The van der Waals surface area contributed by atoms with Gasteiger partial charge >= 0.3 is 12.2 Å². The lowest BCUT2D eigenvalue weighted by atomic mass is 10.2. The van der Waals surface area contributed by atoms with E-state index in [1.54, 1.807) is 41.5 Å². The second-order valence-corrected chi connectivity index (χ2v) is 7.93. The van der Waals surface area contributed by atoms with Crippen molar-refractivity contribution in [2.24, 2.45) is 5.92 Å². The molecule has 116 valence electrons. The maximum Gasteiger partial charge on any atom is 0.420 e. The van der Waals surface area contributed by atoms with Crippen LogP contribution in [0, 0.1) is 5.92 Å². The summed E-state index contributed by atoms with van der Waals surface area (Å²) >= 11 is 2.26. The molecule has 1 saturated carbocycles. The Morgan fingerprint density at radius 2 is 1.45 bits per heavy atom. The van der Waals surface area contributed by atoms with Gasteiger partial charge in [-0.15, -0.1) is 0 Å². The largest absolute Gasteiger partial charge is 0.443 e. The molecule has 5 nitrogen and oxygen atoms in total. The van der Waals surface area contributed by atoms with E-state index in [1.165, 1.54) is 0 Å². The van der Waals surface area contributed by atoms with Crippen LogP contribution in [0.25, 0.3) is 0 Å². The molecule has 1 aliphatic rings. The Morgan fingerprint density at radius 1 is 1.05 bits per heavy atom. The van der Waals surface area contributed by atoms with Crippen LogP contribution in [0.1, 0.15) is 48.0 Å². The Labute approximate surface area is 134 Å².